The Morgan fingerprint density at radius 1 is 1.43 bits per heavy atom. The highest BCUT2D eigenvalue weighted by Crippen LogP contribution is 2.27. The minimum Gasteiger partial charge on any atom is -0.310 e. The summed E-state index contributed by atoms with van der Waals surface area (Å²) in [7, 11) is 0. The summed E-state index contributed by atoms with van der Waals surface area (Å²) in [6, 6.07) is 7.10. The average Bonchev–Trinajstić information content (AvgIpc) is 2.61. The van der Waals surface area contributed by atoms with Gasteiger partial charge in [-0.25, -0.2) is 0 Å². The van der Waals surface area contributed by atoms with E-state index in [0.717, 1.165) is 6.54 Å². The maximum Gasteiger partial charge on any atom is 0.0323 e. The standard InChI is InChI=1S/C11H14BrN.ClH/c1-8-4-5-9(12)7-10(8)11-3-2-6-13-11;/h4-5,7,11,13H,2-3,6H2,1H3;1H/t11-;/m0./s1. The summed E-state index contributed by atoms with van der Waals surface area (Å²) in [5.41, 5.74) is 2.84. The van der Waals surface area contributed by atoms with Crippen LogP contribution in [0.25, 0.3) is 0 Å². The molecule has 14 heavy (non-hydrogen) atoms. The molecule has 1 heterocycles. The van der Waals surface area contributed by atoms with Crippen LogP contribution in [0.15, 0.2) is 22.7 Å². The van der Waals surface area contributed by atoms with Crippen LogP contribution >= 0.6 is 28.3 Å². The zero-order chi connectivity index (χ0) is 9.26. The Balaban J connectivity index is 0.000000980. The van der Waals surface area contributed by atoms with Crippen molar-refractivity contribution < 1.29 is 0 Å². The van der Waals surface area contributed by atoms with Gasteiger partial charge in [0.2, 0.25) is 0 Å². The molecule has 1 atom stereocenters. The minimum atomic E-state index is 0. The molecule has 1 aliphatic rings. The first kappa shape index (κ1) is 12.0. The van der Waals surface area contributed by atoms with Crippen LogP contribution in [0.4, 0.5) is 0 Å². The van der Waals surface area contributed by atoms with Gasteiger partial charge in [-0.15, -0.1) is 12.4 Å². The van der Waals surface area contributed by atoms with Gasteiger partial charge in [-0.05, 0) is 49.6 Å². The van der Waals surface area contributed by atoms with Crippen LogP contribution in [0, 0.1) is 6.92 Å². The van der Waals surface area contributed by atoms with E-state index in [1.165, 1.54) is 28.4 Å². The van der Waals surface area contributed by atoms with Crippen molar-refractivity contribution in [2.45, 2.75) is 25.8 Å². The number of rotatable bonds is 1. The second-order valence-electron chi connectivity index (χ2n) is 3.65. The van der Waals surface area contributed by atoms with Crippen molar-refractivity contribution in [3.63, 3.8) is 0 Å². The molecule has 1 N–H and O–H groups in total. The molecular formula is C11H15BrClN. The molecule has 3 heteroatoms. The monoisotopic (exact) mass is 275 g/mol. The number of halogens is 2. The van der Waals surface area contributed by atoms with Gasteiger partial charge in [0.05, 0.1) is 0 Å². The quantitative estimate of drug-likeness (QED) is 0.826. The van der Waals surface area contributed by atoms with Crippen LogP contribution in [0.5, 0.6) is 0 Å². The Hall–Kier alpha value is -0.0500. The Kier molecular flexibility index (Phi) is 4.42. The highest BCUT2D eigenvalue weighted by molar-refractivity contribution is 9.10. The van der Waals surface area contributed by atoms with Crippen molar-refractivity contribution in [2.24, 2.45) is 0 Å². The molecule has 1 nitrogen and oxygen atoms in total. The van der Waals surface area contributed by atoms with Gasteiger partial charge < -0.3 is 5.32 Å². The first-order valence-electron chi connectivity index (χ1n) is 4.77. The van der Waals surface area contributed by atoms with Crippen LogP contribution in [-0.2, 0) is 0 Å². The molecule has 0 unspecified atom stereocenters. The minimum absolute atomic E-state index is 0. The van der Waals surface area contributed by atoms with Gasteiger partial charge in [0.15, 0.2) is 0 Å². The molecule has 2 rings (SSSR count). The SMILES string of the molecule is Cc1ccc(Br)cc1[C@@H]1CCCN1.Cl. The molecule has 78 valence electrons. The third-order valence-corrected chi connectivity index (χ3v) is 3.17. The summed E-state index contributed by atoms with van der Waals surface area (Å²) >= 11 is 3.52. The number of hydrogen-bond donors (Lipinski definition) is 1. The summed E-state index contributed by atoms with van der Waals surface area (Å²) in [6.07, 6.45) is 2.58. The van der Waals surface area contributed by atoms with Gasteiger partial charge in [0.1, 0.15) is 0 Å². The smallest absolute Gasteiger partial charge is 0.0323 e. The molecule has 0 spiro atoms. The molecule has 0 bridgehead atoms. The van der Waals surface area contributed by atoms with E-state index in [0.29, 0.717) is 6.04 Å². The number of aryl methyl sites for hydroxylation is 1. The maximum atomic E-state index is 3.52. The van der Waals surface area contributed by atoms with Crippen molar-refractivity contribution >= 4 is 28.3 Å². The number of hydrogen-bond acceptors (Lipinski definition) is 1. The zero-order valence-electron chi connectivity index (χ0n) is 8.22. The fourth-order valence-corrected chi connectivity index (χ4v) is 2.32. The van der Waals surface area contributed by atoms with Gasteiger partial charge in [-0.1, -0.05) is 22.0 Å². The highest BCUT2D eigenvalue weighted by Gasteiger charge is 2.17. The van der Waals surface area contributed by atoms with Gasteiger partial charge >= 0.3 is 0 Å². The molecule has 1 aliphatic heterocycles. The van der Waals surface area contributed by atoms with Crippen molar-refractivity contribution in [3.8, 4) is 0 Å². The Labute approximate surface area is 99.8 Å². The molecule has 1 fully saturated rings. The molecule has 0 aliphatic carbocycles. The fourth-order valence-electron chi connectivity index (χ4n) is 1.94. The second kappa shape index (κ2) is 5.15. The normalized spacial score (nSPS) is 20.6. The Morgan fingerprint density at radius 2 is 2.21 bits per heavy atom. The molecule has 1 saturated heterocycles. The fraction of sp³-hybridized carbons (Fsp3) is 0.455. The highest BCUT2D eigenvalue weighted by atomic mass is 79.9. The molecule has 1 aromatic rings. The predicted octanol–water partition coefficient (Wildman–Crippen LogP) is 3.60. The molecule has 0 amide bonds. The van der Waals surface area contributed by atoms with E-state index in [1.807, 2.05) is 0 Å². The van der Waals surface area contributed by atoms with Crippen LogP contribution in [0.2, 0.25) is 0 Å². The first-order valence-corrected chi connectivity index (χ1v) is 5.56. The van der Waals surface area contributed by atoms with Crippen LogP contribution in [0.3, 0.4) is 0 Å². The van der Waals surface area contributed by atoms with E-state index in [-0.39, 0.29) is 12.4 Å². The summed E-state index contributed by atoms with van der Waals surface area (Å²) in [6.45, 7) is 3.35. The third-order valence-electron chi connectivity index (χ3n) is 2.68. The largest absolute Gasteiger partial charge is 0.310 e. The average molecular weight is 277 g/mol. The van der Waals surface area contributed by atoms with Crippen molar-refractivity contribution in [1.29, 1.82) is 0 Å². The molecule has 0 aromatic heterocycles. The van der Waals surface area contributed by atoms with Gasteiger partial charge in [-0.3, -0.25) is 0 Å². The number of nitrogens with one attached hydrogen (secondary N) is 1. The van der Waals surface area contributed by atoms with Gasteiger partial charge in [0, 0.05) is 10.5 Å². The lowest BCUT2D eigenvalue weighted by atomic mass is 10.0. The first-order chi connectivity index (χ1) is 6.27. The van der Waals surface area contributed by atoms with Crippen LogP contribution < -0.4 is 5.32 Å². The Morgan fingerprint density at radius 3 is 2.86 bits per heavy atom. The van der Waals surface area contributed by atoms with Gasteiger partial charge in [-0.2, -0.15) is 0 Å². The van der Waals surface area contributed by atoms with Crippen molar-refractivity contribution in [1.82, 2.24) is 5.32 Å². The van der Waals surface area contributed by atoms with E-state index in [4.69, 9.17) is 0 Å². The predicted molar refractivity (Wildman–Crippen MR) is 66.1 cm³/mol. The second-order valence-corrected chi connectivity index (χ2v) is 4.57. The summed E-state index contributed by atoms with van der Waals surface area (Å²) in [5, 5.41) is 3.52. The van der Waals surface area contributed by atoms with Crippen LogP contribution in [0.1, 0.15) is 30.0 Å². The molecule has 0 radical (unpaired) electrons. The lowest BCUT2D eigenvalue weighted by Crippen LogP contribution is -2.13. The Bertz CT molecular complexity index is 308. The molecule has 0 saturated carbocycles. The van der Waals surface area contributed by atoms with Crippen LogP contribution in [-0.4, -0.2) is 6.54 Å². The van der Waals surface area contributed by atoms with E-state index in [1.54, 1.807) is 0 Å². The van der Waals surface area contributed by atoms with Crippen molar-refractivity contribution in [2.75, 3.05) is 6.54 Å². The lowest BCUT2D eigenvalue weighted by Gasteiger charge is -2.13. The van der Waals surface area contributed by atoms with E-state index >= 15 is 0 Å². The van der Waals surface area contributed by atoms with E-state index < -0.39 is 0 Å². The molecule has 1 aromatic carbocycles. The summed E-state index contributed by atoms with van der Waals surface area (Å²) in [4.78, 5) is 0. The number of benzene rings is 1. The zero-order valence-corrected chi connectivity index (χ0v) is 10.6. The van der Waals surface area contributed by atoms with Crippen molar-refractivity contribution in [3.05, 3.63) is 33.8 Å². The summed E-state index contributed by atoms with van der Waals surface area (Å²) in [5.74, 6) is 0. The van der Waals surface area contributed by atoms with Gasteiger partial charge in [0.25, 0.3) is 0 Å². The maximum absolute atomic E-state index is 3.52. The third kappa shape index (κ3) is 2.50. The molecular weight excluding hydrogens is 261 g/mol. The van der Waals surface area contributed by atoms with E-state index in [9.17, 15) is 0 Å². The topological polar surface area (TPSA) is 12.0 Å². The lowest BCUT2D eigenvalue weighted by molar-refractivity contribution is 0.643. The van der Waals surface area contributed by atoms with E-state index in [2.05, 4.69) is 46.4 Å². The summed E-state index contributed by atoms with van der Waals surface area (Å²) < 4.78 is 1.18.